The molecule has 1 amide bonds. The topological polar surface area (TPSA) is 127 Å². The molecule has 1 fully saturated rings. The van der Waals surface area contributed by atoms with Crippen LogP contribution in [-0.2, 0) is 20.9 Å². The molecular formula is C11H16N2O6S. The highest BCUT2D eigenvalue weighted by molar-refractivity contribution is 7.77. The second-order valence-corrected chi connectivity index (χ2v) is 5.79. The van der Waals surface area contributed by atoms with Gasteiger partial charge in [-0.05, 0) is 12.5 Å². The van der Waals surface area contributed by atoms with Gasteiger partial charge in [0, 0.05) is 12.5 Å². The van der Waals surface area contributed by atoms with Crippen molar-refractivity contribution in [3.8, 4) is 0 Å². The van der Waals surface area contributed by atoms with Gasteiger partial charge in [-0.3, -0.25) is 9.35 Å². The summed E-state index contributed by atoms with van der Waals surface area (Å²) in [6, 6.07) is -0.405. The lowest BCUT2D eigenvalue weighted by atomic mass is 9.78. The summed E-state index contributed by atoms with van der Waals surface area (Å²) in [4.78, 5) is 24.5. The Hall–Kier alpha value is -1.29. The average molecular weight is 304 g/mol. The number of carboxylic acids is 1. The minimum Gasteiger partial charge on any atom is -0.477 e. The Morgan fingerprint density at radius 1 is 1.55 bits per heavy atom. The van der Waals surface area contributed by atoms with Crippen LogP contribution in [0.15, 0.2) is 11.3 Å². The van der Waals surface area contributed by atoms with Gasteiger partial charge >= 0.3 is 5.97 Å². The zero-order valence-corrected chi connectivity index (χ0v) is 11.8. The van der Waals surface area contributed by atoms with Crippen molar-refractivity contribution in [1.29, 1.82) is 0 Å². The maximum absolute atomic E-state index is 12.0. The molecule has 0 bridgehead atoms. The monoisotopic (exact) mass is 304 g/mol. The first-order chi connectivity index (χ1) is 9.27. The van der Waals surface area contributed by atoms with Crippen LogP contribution in [-0.4, -0.2) is 54.4 Å². The minimum atomic E-state index is -2.26. The third kappa shape index (κ3) is 2.16. The normalized spacial score (nSPS) is 31.9. The van der Waals surface area contributed by atoms with Gasteiger partial charge < -0.3 is 15.1 Å². The Morgan fingerprint density at radius 2 is 2.15 bits per heavy atom. The van der Waals surface area contributed by atoms with Gasteiger partial charge in [-0.2, -0.15) is 0 Å². The van der Waals surface area contributed by atoms with Crippen LogP contribution < -0.4 is 4.72 Å². The molecule has 2 aliphatic heterocycles. The fourth-order valence-corrected chi connectivity index (χ4v) is 3.30. The fraction of sp³-hybridized carbons (Fsp3) is 0.636. The maximum Gasteiger partial charge on any atom is 0.352 e. The molecule has 0 aromatic carbocycles. The first-order valence-electron chi connectivity index (χ1n) is 6.09. The summed E-state index contributed by atoms with van der Waals surface area (Å²) in [6.45, 7) is 3.14. The number of β-lactam (4-membered cyclic amide) rings is 1. The van der Waals surface area contributed by atoms with E-state index in [1.165, 1.54) is 11.8 Å². The molecule has 0 spiro atoms. The molecule has 2 heterocycles. The Labute approximate surface area is 117 Å². The van der Waals surface area contributed by atoms with Gasteiger partial charge in [0.15, 0.2) is 0 Å². The second kappa shape index (κ2) is 5.24. The predicted molar refractivity (Wildman–Crippen MR) is 68.4 cm³/mol. The third-order valence-corrected chi connectivity index (χ3v) is 4.30. The fourth-order valence-electron chi connectivity index (χ4n) is 3.02. The second-order valence-electron chi connectivity index (χ2n) is 5.00. The van der Waals surface area contributed by atoms with Crippen LogP contribution in [0.3, 0.4) is 0 Å². The first-order valence-corrected chi connectivity index (χ1v) is 7.19. The van der Waals surface area contributed by atoms with E-state index in [0.29, 0.717) is 5.57 Å². The van der Waals surface area contributed by atoms with E-state index in [-0.39, 0.29) is 18.2 Å². The van der Waals surface area contributed by atoms with Gasteiger partial charge in [0.2, 0.25) is 17.2 Å². The number of carbonyl (C=O) groups excluding carboxylic acids is 1. The van der Waals surface area contributed by atoms with Gasteiger partial charge in [-0.1, -0.05) is 6.92 Å². The van der Waals surface area contributed by atoms with Crippen LogP contribution in [0.2, 0.25) is 0 Å². The molecule has 0 aromatic rings. The molecule has 4 N–H and O–H groups in total. The number of carbonyl (C=O) groups is 2. The largest absolute Gasteiger partial charge is 0.477 e. The van der Waals surface area contributed by atoms with Crippen molar-refractivity contribution in [3.63, 3.8) is 0 Å². The molecule has 0 saturated carbocycles. The lowest BCUT2D eigenvalue weighted by molar-refractivity contribution is -0.163. The molecule has 9 heteroatoms. The molecule has 2 rings (SSSR count). The van der Waals surface area contributed by atoms with E-state index in [1.54, 1.807) is 6.92 Å². The van der Waals surface area contributed by atoms with E-state index in [4.69, 9.17) is 4.55 Å². The third-order valence-electron chi connectivity index (χ3n) is 3.90. The van der Waals surface area contributed by atoms with E-state index in [1.807, 2.05) is 0 Å². The van der Waals surface area contributed by atoms with Crippen LogP contribution in [0, 0.1) is 11.8 Å². The Balaban J connectivity index is 2.32. The molecule has 0 aliphatic carbocycles. The molecule has 1 unspecified atom stereocenters. The van der Waals surface area contributed by atoms with E-state index in [2.05, 4.69) is 4.72 Å². The lowest BCUT2D eigenvalue weighted by Gasteiger charge is -2.46. The smallest absolute Gasteiger partial charge is 0.352 e. The molecule has 5 atom stereocenters. The van der Waals surface area contributed by atoms with Crippen LogP contribution in [0.25, 0.3) is 0 Å². The number of fused-ring (bicyclic) bond motifs is 1. The highest BCUT2D eigenvalue weighted by Gasteiger charge is 2.59. The van der Waals surface area contributed by atoms with Gasteiger partial charge in [-0.25, -0.2) is 13.7 Å². The Bertz CT molecular complexity index is 517. The number of aliphatic hydroxyl groups excluding tert-OH is 1. The average Bonchev–Trinajstić information content (AvgIpc) is 2.56. The highest BCUT2D eigenvalue weighted by atomic mass is 32.2. The number of nitrogens with zero attached hydrogens (tertiary/aromatic N) is 1. The molecule has 0 aromatic heterocycles. The summed E-state index contributed by atoms with van der Waals surface area (Å²) in [5.41, 5.74) is 0.240. The number of aliphatic hydroxyl groups is 1. The van der Waals surface area contributed by atoms with Crippen LogP contribution in [0.5, 0.6) is 0 Å². The van der Waals surface area contributed by atoms with E-state index in [9.17, 15) is 24.0 Å². The lowest BCUT2D eigenvalue weighted by Crippen LogP contribution is -2.63. The highest BCUT2D eigenvalue weighted by Crippen LogP contribution is 2.46. The van der Waals surface area contributed by atoms with E-state index in [0.717, 1.165) is 0 Å². The Kier molecular flexibility index (Phi) is 3.96. The number of hydrogen-bond donors (Lipinski definition) is 4. The maximum atomic E-state index is 12.0. The van der Waals surface area contributed by atoms with Gasteiger partial charge in [0.1, 0.15) is 5.70 Å². The molecule has 1 saturated heterocycles. The summed E-state index contributed by atoms with van der Waals surface area (Å²) in [5, 5.41) is 18.9. The molecule has 2 aliphatic rings. The minimum absolute atomic E-state index is 0.0985. The van der Waals surface area contributed by atoms with Crippen LogP contribution in [0.4, 0.5) is 0 Å². The number of nitrogens with one attached hydrogen (secondary N) is 1. The SMILES string of the molecule is C[C@@H](O)[C@H]1C(=O)N2C(C(=O)O)=C(CNS(=O)O)[C@H](C)[C@H]12. The van der Waals surface area contributed by atoms with Crippen LogP contribution >= 0.6 is 0 Å². The van der Waals surface area contributed by atoms with Crippen molar-refractivity contribution in [1.82, 2.24) is 9.62 Å². The molecule has 112 valence electrons. The zero-order chi connectivity index (χ0) is 15.2. The van der Waals surface area contributed by atoms with Crippen LogP contribution in [0.1, 0.15) is 13.8 Å². The summed E-state index contributed by atoms with van der Waals surface area (Å²) in [5.74, 6) is -2.60. The summed E-state index contributed by atoms with van der Waals surface area (Å²) in [6.07, 6.45) is -0.861. The van der Waals surface area contributed by atoms with Crippen molar-refractivity contribution in [2.75, 3.05) is 6.54 Å². The van der Waals surface area contributed by atoms with Gasteiger partial charge in [-0.15, -0.1) is 0 Å². The standard InChI is InChI=1S/C11H16N2O6S/c1-4-6(3-12-20(18)19)9(11(16)17)13-8(4)7(5(2)14)10(13)15/h4-5,7-8,12,14H,3H2,1-2H3,(H,16,17)(H,18,19)/t4-,5+,7+,8+/m0/s1. The Morgan fingerprint density at radius 3 is 2.60 bits per heavy atom. The van der Waals surface area contributed by atoms with E-state index < -0.39 is 41.2 Å². The van der Waals surface area contributed by atoms with Crippen molar-refractivity contribution in [3.05, 3.63) is 11.3 Å². The first kappa shape index (κ1) is 15.1. The quantitative estimate of drug-likeness (QED) is 0.377. The van der Waals surface area contributed by atoms with Crippen molar-refractivity contribution in [2.45, 2.75) is 26.0 Å². The number of amides is 1. The summed E-state index contributed by atoms with van der Waals surface area (Å²) in [7, 11) is 0. The molecule has 20 heavy (non-hydrogen) atoms. The molecule has 0 radical (unpaired) electrons. The van der Waals surface area contributed by atoms with E-state index >= 15 is 0 Å². The number of carboxylic acid groups (broad SMARTS) is 1. The summed E-state index contributed by atoms with van der Waals surface area (Å²) >= 11 is -2.26. The van der Waals surface area contributed by atoms with Crippen molar-refractivity contribution < 1.29 is 28.6 Å². The number of rotatable bonds is 5. The molecular weight excluding hydrogens is 288 g/mol. The predicted octanol–water partition coefficient (Wildman–Crippen LogP) is -1.09. The van der Waals surface area contributed by atoms with Crippen molar-refractivity contribution in [2.24, 2.45) is 11.8 Å². The van der Waals surface area contributed by atoms with Gasteiger partial charge in [0.25, 0.3) is 0 Å². The molecule has 8 nitrogen and oxygen atoms in total. The number of aliphatic carboxylic acids is 1. The van der Waals surface area contributed by atoms with Crippen molar-refractivity contribution >= 4 is 23.1 Å². The summed E-state index contributed by atoms with van der Waals surface area (Å²) < 4.78 is 21.6. The van der Waals surface area contributed by atoms with Gasteiger partial charge in [0.05, 0.1) is 18.1 Å². The zero-order valence-electron chi connectivity index (χ0n) is 10.9. The number of hydrogen-bond acceptors (Lipinski definition) is 4.